The lowest BCUT2D eigenvalue weighted by Crippen LogP contribution is -2.09. The summed E-state index contributed by atoms with van der Waals surface area (Å²) in [6, 6.07) is 2.61. The quantitative estimate of drug-likeness (QED) is 0.514. The van der Waals surface area contributed by atoms with Crippen LogP contribution in [-0.4, -0.2) is 45.4 Å². The Hall–Kier alpha value is -2.35. The van der Waals surface area contributed by atoms with E-state index in [9.17, 15) is 14.9 Å². The molecule has 0 amide bonds. The van der Waals surface area contributed by atoms with Gasteiger partial charge in [0.2, 0.25) is 0 Å². The predicted molar refractivity (Wildman–Crippen MR) is 76.0 cm³/mol. The fourth-order valence-electron chi connectivity index (χ4n) is 1.52. The van der Waals surface area contributed by atoms with Crippen molar-refractivity contribution in [2.45, 2.75) is 6.42 Å². The molecule has 0 bridgehead atoms. The second-order valence-electron chi connectivity index (χ2n) is 4.04. The van der Waals surface area contributed by atoms with Crippen LogP contribution >= 0.6 is 0 Å². The van der Waals surface area contributed by atoms with Crippen LogP contribution in [0.2, 0.25) is 0 Å². The van der Waals surface area contributed by atoms with Crippen molar-refractivity contribution in [3.05, 3.63) is 27.8 Å². The van der Waals surface area contributed by atoms with Crippen LogP contribution in [0.5, 0.6) is 5.75 Å². The summed E-state index contributed by atoms with van der Waals surface area (Å²) in [7, 11) is 4.04. The van der Waals surface area contributed by atoms with Crippen LogP contribution in [0.4, 0.5) is 11.4 Å². The third kappa shape index (κ3) is 4.32. The minimum atomic E-state index is -0.588. The number of nitro groups is 1. The summed E-state index contributed by atoms with van der Waals surface area (Å²) < 4.78 is 14.2. The number of ether oxygens (including phenoxy) is 3. The van der Waals surface area contributed by atoms with E-state index in [0.717, 1.165) is 13.2 Å². The zero-order valence-corrected chi connectivity index (χ0v) is 12.2. The van der Waals surface area contributed by atoms with Gasteiger partial charge in [-0.1, -0.05) is 0 Å². The van der Waals surface area contributed by atoms with Crippen LogP contribution in [0.15, 0.2) is 12.1 Å². The summed E-state index contributed by atoms with van der Waals surface area (Å²) in [5, 5.41) is 13.5. The Balaban J connectivity index is 0.000000471. The number of benzene rings is 1. The van der Waals surface area contributed by atoms with Gasteiger partial charge in [0.25, 0.3) is 0 Å². The van der Waals surface area contributed by atoms with Crippen molar-refractivity contribution < 1.29 is 23.9 Å². The Morgan fingerprint density at radius 2 is 1.95 bits per heavy atom. The number of nitrogens with zero attached hydrogens (tertiary/aromatic N) is 1. The summed E-state index contributed by atoms with van der Waals surface area (Å²) in [6.07, 6.45) is 1.28. The molecule has 2 rings (SSSR count). The Kier molecular flexibility index (Phi) is 6.41. The number of rotatable bonds is 4. The maximum absolute atomic E-state index is 11.4. The molecule has 1 aromatic rings. The van der Waals surface area contributed by atoms with Crippen LogP contribution in [0.3, 0.4) is 0 Å². The zero-order chi connectivity index (χ0) is 15.8. The third-order valence-corrected chi connectivity index (χ3v) is 2.75. The molecule has 0 aromatic heterocycles. The molecule has 0 unspecified atom stereocenters. The Bertz CT molecular complexity index is 484. The highest BCUT2D eigenvalue weighted by atomic mass is 16.6. The van der Waals surface area contributed by atoms with E-state index in [1.807, 2.05) is 0 Å². The molecule has 1 aromatic carbocycles. The van der Waals surface area contributed by atoms with E-state index >= 15 is 0 Å². The van der Waals surface area contributed by atoms with Crippen molar-refractivity contribution in [2.75, 3.05) is 39.8 Å². The van der Waals surface area contributed by atoms with Gasteiger partial charge in [-0.05, 0) is 12.5 Å². The minimum Gasteiger partial charge on any atom is -0.490 e. The second-order valence-corrected chi connectivity index (χ2v) is 4.04. The smallest absolute Gasteiger partial charge is 0.338 e. The number of anilines is 1. The normalized spacial score (nSPS) is 12.3. The van der Waals surface area contributed by atoms with Crippen molar-refractivity contribution in [1.82, 2.24) is 0 Å². The van der Waals surface area contributed by atoms with Crippen molar-refractivity contribution in [3.63, 3.8) is 0 Å². The van der Waals surface area contributed by atoms with E-state index in [1.54, 1.807) is 0 Å². The van der Waals surface area contributed by atoms with E-state index < -0.39 is 10.9 Å². The average molecular weight is 298 g/mol. The fraction of sp³-hybridized carbons (Fsp3) is 0.462. The maximum atomic E-state index is 11.4. The number of nitro benzene ring substituents is 1. The summed E-state index contributed by atoms with van der Waals surface area (Å²) >= 11 is 0. The number of hydrogen-bond acceptors (Lipinski definition) is 7. The SMILES string of the molecule is C1COC1.CNc1cc(C(=O)OC)cc(OC)c1[N+](=O)[O-]. The van der Waals surface area contributed by atoms with Crippen LogP contribution < -0.4 is 10.1 Å². The number of carbonyl (C=O) groups is 1. The highest BCUT2D eigenvalue weighted by molar-refractivity contribution is 5.93. The lowest BCUT2D eigenvalue weighted by molar-refractivity contribution is -0.384. The van der Waals surface area contributed by atoms with E-state index in [1.165, 1.54) is 39.8 Å². The number of nitrogens with one attached hydrogen (secondary N) is 1. The van der Waals surface area contributed by atoms with Crippen LogP contribution in [0.25, 0.3) is 0 Å². The number of methoxy groups -OCH3 is 2. The van der Waals surface area contributed by atoms with Gasteiger partial charge in [-0.15, -0.1) is 0 Å². The third-order valence-electron chi connectivity index (χ3n) is 2.75. The molecular weight excluding hydrogens is 280 g/mol. The molecule has 8 nitrogen and oxygen atoms in total. The van der Waals surface area contributed by atoms with Gasteiger partial charge in [0.15, 0.2) is 5.75 Å². The van der Waals surface area contributed by atoms with E-state index in [2.05, 4.69) is 10.1 Å². The monoisotopic (exact) mass is 298 g/mol. The zero-order valence-electron chi connectivity index (χ0n) is 12.2. The first-order valence-electron chi connectivity index (χ1n) is 6.25. The summed E-state index contributed by atoms with van der Waals surface area (Å²) in [5.41, 5.74) is 0.150. The standard InChI is InChI=1S/C10H12N2O5.C3H6O/c1-11-7-4-6(10(13)17-3)5-8(16-2)9(7)12(14)15;1-2-4-3-1/h4-5,11H,1-3H3;1-3H2. The van der Waals surface area contributed by atoms with Crippen LogP contribution in [-0.2, 0) is 9.47 Å². The van der Waals surface area contributed by atoms with E-state index in [0.29, 0.717) is 0 Å². The van der Waals surface area contributed by atoms with Gasteiger partial charge in [0.05, 0.1) is 24.7 Å². The molecule has 1 heterocycles. The van der Waals surface area contributed by atoms with Gasteiger partial charge in [0.1, 0.15) is 5.69 Å². The molecule has 0 atom stereocenters. The molecule has 8 heteroatoms. The van der Waals surface area contributed by atoms with E-state index in [-0.39, 0.29) is 22.7 Å². The van der Waals surface area contributed by atoms with Crippen molar-refractivity contribution in [3.8, 4) is 5.75 Å². The molecule has 1 fully saturated rings. The Morgan fingerprint density at radius 1 is 1.38 bits per heavy atom. The molecule has 0 saturated carbocycles. The fourth-order valence-corrected chi connectivity index (χ4v) is 1.52. The van der Waals surface area contributed by atoms with Crippen LogP contribution in [0, 0.1) is 10.1 Å². The largest absolute Gasteiger partial charge is 0.490 e. The van der Waals surface area contributed by atoms with Crippen LogP contribution in [0.1, 0.15) is 16.8 Å². The Morgan fingerprint density at radius 3 is 2.29 bits per heavy atom. The Labute approximate surface area is 122 Å². The highest BCUT2D eigenvalue weighted by Gasteiger charge is 2.23. The molecule has 1 aliphatic rings. The first-order valence-corrected chi connectivity index (χ1v) is 6.25. The molecule has 21 heavy (non-hydrogen) atoms. The summed E-state index contributed by atoms with van der Waals surface area (Å²) in [5.74, 6) is -0.586. The lowest BCUT2D eigenvalue weighted by atomic mass is 10.1. The van der Waals surface area contributed by atoms with E-state index in [4.69, 9.17) is 9.47 Å². The molecule has 1 N–H and O–H groups in total. The molecule has 0 spiro atoms. The lowest BCUT2D eigenvalue weighted by Gasteiger charge is -2.09. The number of esters is 1. The van der Waals surface area contributed by atoms with Gasteiger partial charge in [0, 0.05) is 26.3 Å². The molecule has 1 aliphatic heterocycles. The average Bonchev–Trinajstić information content (AvgIpc) is 2.42. The van der Waals surface area contributed by atoms with Crippen molar-refractivity contribution in [1.29, 1.82) is 0 Å². The van der Waals surface area contributed by atoms with Gasteiger partial charge in [-0.25, -0.2) is 4.79 Å². The summed E-state index contributed by atoms with van der Waals surface area (Å²) in [6.45, 7) is 2.00. The molecule has 0 aliphatic carbocycles. The van der Waals surface area contributed by atoms with Crippen molar-refractivity contribution in [2.24, 2.45) is 0 Å². The first kappa shape index (κ1) is 16.7. The molecular formula is C13H18N2O6. The van der Waals surface area contributed by atoms with Gasteiger partial charge >= 0.3 is 11.7 Å². The van der Waals surface area contributed by atoms with Gasteiger partial charge in [-0.3, -0.25) is 10.1 Å². The molecule has 1 saturated heterocycles. The van der Waals surface area contributed by atoms with Gasteiger partial charge < -0.3 is 19.5 Å². The van der Waals surface area contributed by atoms with Gasteiger partial charge in [-0.2, -0.15) is 0 Å². The minimum absolute atomic E-state index is 0.00208. The highest BCUT2D eigenvalue weighted by Crippen LogP contribution is 2.36. The number of carbonyl (C=O) groups excluding carboxylic acids is 1. The number of hydrogen-bond donors (Lipinski definition) is 1. The first-order chi connectivity index (χ1) is 10.0. The molecule has 0 radical (unpaired) electrons. The predicted octanol–water partition coefficient (Wildman–Crippen LogP) is 1.84. The topological polar surface area (TPSA) is 99.9 Å². The van der Waals surface area contributed by atoms with Crippen molar-refractivity contribution >= 4 is 17.3 Å². The summed E-state index contributed by atoms with van der Waals surface area (Å²) in [4.78, 5) is 21.7. The molecule has 116 valence electrons. The second kappa shape index (κ2) is 8.05. The maximum Gasteiger partial charge on any atom is 0.338 e.